The third-order valence-corrected chi connectivity index (χ3v) is 7.82. The third-order valence-electron chi connectivity index (χ3n) is 5.49. The van der Waals surface area contributed by atoms with Crippen LogP contribution in [-0.4, -0.2) is 23.2 Å². The topological polar surface area (TPSA) is 59.4 Å². The summed E-state index contributed by atoms with van der Waals surface area (Å²) in [5.41, 5.74) is 3.32. The molecule has 0 atom stereocenters. The number of thioether (sulfide) groups is 1. The van der Waals surface area contributed by atoms with E-state index in [1.165, 1.54) is 29.8 Å². The van der Waals surface area contributed by atoms with Gasteiger partial charge in [-0.05, 0) is 56.2 Å². The quantitative estimate of drug-likeness (QED) is 0.525. The van der Waals surface area contributed by atoms with Gasteiger partial charge in [-0.3, -0.25) is 19.0 Å². The van der Waals surface area contributed by atoms with Crippen molar-refractivity contribution in [3.05, 3.63) is 79.2 Å². The normalized spacial score (nSPS) is 14.6. The lowest BCUT2D eigenvalue weighted by Gasteiger charge is -2.14. The summed E-state index contributed by atoms with van der Waals surface area (Å²) in [4.78, 5) is 40.3. The molecule has 2 heterocycles. The number of benzene rings is 2. The fraction of sp³-hybridized carbons (Fsp3) is 0.192. The first-order valence-electron chi connectivity index (χ1n) is 10.6. The van der Waals surface area contributed by atoms with E-state index < -0.39 is 0 Å². The van der Waals surface area contributed by atoms with Crippen molar-refractivity contribution in [1.82, 2.24) is 4.57 Å². The van der Waals surface area contributed by atoms with Gasteiger partial charge in [-0.2, -0.15) is 0 Å². The van der Waals surface area contributed by atoms with Gasteiger partial charge >= 0.3 is 0 Å². The van der Waals surface area contributed by atoms with Crippen molar-refractivity contribution in [2.45, 2.75) is 32.2 Å². The Kier molecular flexibility index (Phi) is 6.54. The summed E-state index contributed by atoms with van der Waals surface area (Å²) < 4.78 is 2.42. The number of rotatable bonds is 5. The molecular weight excluding hydrogens is 452 g/mol. The molecule has 0 spiro atoms. The Hall–Kier alpha value is -3.16. The monoisotopic (exact) mass is 476 g/mol. The largest absolute Gasteiger partial charge is 0.338 e. The molecule has 2 aromatic carbocycles. The Morgan fingerprint density at radius 2 is 1.67 bits per heavy atom. The second-order valence-corrected chi connectivity index (χ2v) is 9.78. The number of allylic oxidation sites excluding steroid dienone is 1. The van der Waals surface area contributed by atoms with Crippen LogP contribution < -0.4 is 19.7 Å². The summed E-state index contributed by atoms with van der Waals surface area (Å²) in [5, 5.41) is 0.995. The molecule has 0 amide bonds. The molecule has 7 heteroatoms. The molecule has 0 bridgehead atoms. The van der Waals surface area contributed by atoms with E-state index in [9.17, 15) is 14.4 Å². The van der Waals surface area contributed by atoms with Crippen molar-refractivity contribution in [2.75, 3.05) is 11.9 Å². The molecule has 5 nitrogen and oxygen atoms in total. The summed E-state index contributed by atoms with van der Waals surface area (Å²) in [5.74, 6) is -0.654. The number of aromatic nitrogens is 1. The van der Waals surface area contributed by atoms with E-state index >= 15 is 0 Å². The molecule has 0 fully saturated rings. The highest BCUT2D eigenvalue weighted by atomic mass is 32.2. The average Bonchev–Trinajstić information content (AvgIpc) is 3.28. The van der Waals surface area contributed by atoms with E-state index in [1.807, 2.05) is 38.2 Å². The first-order valence-corrected chi connectivity index (χ1v) is 12.2. The highest BCUT2D eigenvalue weighted by Gasteiger charge is 2.22. The smallest absolute Gasteiger partial charge is 0.269 e. The standard InChI is InChI=1S/C26H24N2O3S2/c1-5-28-25(31)22(33-26(28)24(16(2)29)17(3)30)13-14-23-27(4)20-15-19(11-12-21(20)32-23)18-9-7-6-8-10-18/h6-15H,5H2,1-4H3. The summed E-state index contributed by atoms with van der Waals surface area (Å²) in [6, 6.07) is 16.7. The first kappa shape index (κ1) is 23.0. The van der Waals surface area contributed by atoms with Crippen LogP contribution in [0.3, 0.4) is 0 Å². The van der Waals surface area contributed by atoms with E-state index in [0.717, 1.165) is 26.7 Å². The highest BCUT2D eigenvalue weighted by Crippen LogP contribution is 2.46. The zero-order chi connectivity index (χ0) is 23.7. The summed E-state index contributed by atoms with van der Waals surface area (Å²) in [6.45, 7) is 4.94. The van der Waals surface area contributed by atoms with Gasteiger partial charge in [0, 0.05) is 18.5 Å². The number of anilines is 1. The molecule has 0 unspecified atom stereocenters. The fourth-order valence-electron chi connectivity index (χ4n) is 3.82. The molecule has 0 N–H and O–H groups in total. The summed E-state index contributed by atoms with van der Waals surface area (Å²) in [7, 11) is 2.01. The molecule has 33 heavy (non-hydrogen) atoms. The molecule has 0 saturated carbocycles. The minimum absolute atomic E-state index is 0.0828. The SMILES string of the molecule is CCn1c(=C(C(C)=O)C(C)=O)sc(=CC=C2Sc3ccc(-c4ccccc4)cc3N2C)c1=O. The number of thiazole rings is 1. The van der Waals surface area contributed by atoms with Gasteiger partial charge in [-0.1, -0.05) is 48.2 Å². The second-order valence-electron chi connectivity index (χ2n) is 7.69. The number of hydrogen-bond donors (Lipinski definition) is 0. The highest BCUT2D eigenvalue weighted by molar-refractivity contribution is 8.03. The van der Waals surface area contributed by atoms with E-state index in [2.05, 4.69) is 35.2 Å². The lowest BCUT2D eigenvalue weighted by atomic mass is 10.1. The number of carbonyl (C=O) groups excluding carboxylic acids is 2. The van der Waals surface area contributed by atoms with Crippen LogP contribution in [0, 0.1) is 0 Å². The molecule has 1 aliphatic rings. The predicted molar refractivity (Wildman–Crippen MR) is 137 cm³/mol. The Balaban J connectivity index is 1.76. The van der Waals surface area contributed by atoms with Gasteiger partial charge in [0.2, 0.25) is 0 Å². The van der Waals surface area contributed by atoms with Crippen LogP contribution in [0.4, 0.5) is 5.69 Å². The van der Waals surface area contributed by atoms with Crippen LogP contribution in [-0.2, 0) is 16.1 Å². The zero-order valence-electron chi connectivity index (χ0n) is 18.9. The molecule has 0 aliphatic carbocycles. The van der Waals surface area contributed by atoms with Gasteiger partial charge in [0.1, 0.15) is 4.66 Å². The Morgan fingerprint density at radius 1 is 0.970 bits per heavy atom. The predicted octanol–water partition coefficient (Wildman–Crippen LogP) is 3.79. The maximum Gasteiger partial charge on any atom is 0.269 e. The molecule has 0 saturated heterocycles. The number of hydrogen-bond acceptors (Lipinski definition) is 6. The molecular formula is C26H24N2O3S2. The van der Waals surface area contributed by atoms with Crippen LogP contribution in [0.25, 0.3) is 22.8 Å². The lowest BCUT2D eigenvalue weighted by molar-refractivity contribution is -0.116. The van der Waals surface area contributed by atoms with Gasteiger partial charge in [0.05, 0.1) is 20.8 Å². The van der Waals surface area contributed by atoms with Crippen molar-refractivity contribution in [3.63, 3.8) is 0 Å². The van der Waals surface area contributed by atoms with Gasteiger partial charge < -0.3 is 4.90 Å². The molecule has 4 rings (SSSR count). The van der Waals surface area contributed by atoms with Crippen LogP contribution in [0.2, 0.25) is 0 Å². The van der Waals surface area contributed by atoms with Crippen LogP contribution >= 0.6 is 23.1 Å². The van der Waals surface area contributed by atoms with Gasteiger partial charge in [0.25, 0.3) is 5.56 Å². The molecule has 168 valence electrons. The van der Waals surface area contributed by atoms with Crippen molar-refractivity contribution < 1.29 is 9.59 Å². The average molecular weight is 477 g/mol. The maximum atomic E-state index is 12.9. The number of nitrogens with zero attached hydrogens (tertiary/aromatic N) is 2. The van der Waals surface area contributed by atoms with Crippen molar-refractivity contribution in [1.29, 1.82) is 0 Å². The van der Waals surface area contributed by atoms with Crippen LogP contribution in [0.1, 0.15) is 20.8 Å². The lowest BCUT2D eigenvalue weighted by Crippen LogP contribution is -2.33. The van der Waals surface area contributed by atoms with Crippen LogP contribution in [0.15, 0.2) is 69.3 Å². The number of ketones is 2. The van der Waals surface area contributed by atoms with E-state index in [4.69, 9.17) is 0 Å². The van der Waals surface area contributed by atoms with Gasteiger partial charge in [-0.25, -0.2) is 0 Å². The van der Waals surface area contributed by atoms with E-state index in [-0.39, 0.29) is 22.7 Å². The summed E-state index contributed by atoms with van der Waals surface area (Å²) >= 11 is 2.83. The van der Waals surface area contributed by atoms with Crippen molar-refractivity contribution in [3.8, 4) is 11.1 Å². The minimum atomic E-state index is -0.327. The summed E-state index contributed by atoms with van der Waals surface area (Å²) in [6.07, 6.45) is 3.70. The number of fused-ring (bicyclic) bond motifs is 1. The zero-order valence-corrected chi connectivity index (χ0v) is 20.5. The maximum absolute atomic E-state index is 12.9. The van der Waals surface area contributed by atoms with Crippen molar-refractivity contribution >= 4 is 52.0 Å². The molecule has 1 aliphatic heterocycles. The molecule has 1 aromatic heterocycles. The molecule has 0 radical (unpaired) electrons. The Morgan fingerprint density at radius 3 is 2.30 bits per heavy atom. The van der Waals surface area contributed by atoms with Gasteiger partial charge in [0.15, 0.2) is 11.6 Å². The fourth-order valence-corrected chi connectivity index (χ4v) is 6.11. The van der Waals surface area contributed by atoms with E-state index in [0.29, 0.717) is 15.7 Å². The number of Topliss-reactive ketones (excluding diaryl/α,β-unsaturated/α-hetero) is 2. The van der Waals surface area contributed by atoms with Gasteiger partial charge in [-0.15, -0.1) is 11.3 Å². The third kappa shape index (κ3) is 4.38. The molecule has 3 aromatic rings. The number of carbonyl (C=O) groups is 2. The Bertz CT molecular complexity index is 1450. The van der Waals surface area contributed by atoms with Crippen LogP contribution in [0.5, 0.6) is 0 Å². The Labute approximate surface area is 200 Å². The second kappa shape index (κ2) is 9.37. The van der Waals surface area contributed by atoms with Crippen molar-refractivity contribution in [2.24, 2.45) is 0 Å². The van der Waals surface area contributed by atoms with E-state index in [1.54, 1.807) is 17.8 Å². The minimum Gasteiger partial charge on any atom is -0.338 e. The first-order chi connectivity index (χ1) is 15.8.